The number of amides is 1. The molecule has 1 amide bonds. The van der Waals surface area contributed by atoms with Crippen LogP contribution in [0, 0.1) is 0 Å². The van der Waals surface area contributed by atoms with E-state index in [9.17, 15) is 13.2 Å². The Morgan fingerprint density at radius 3 is 2.74 bits per heavy atom. The first-order valence-electron chi connectivity index (χ1n) is 7.97. The van der Waals surface area contributed by atoms with Crippen LogP contribution in [0.4, 0.5) is 5.69 Å². The van der Waals surface area contributed by atoms with Gasteiger partial charge in [0.05, 0.1) is 17.5 Å². The number of anilines is 1. The summed E-state index contributed by atoms with van der Waals surface area (Å²) in [6.45, 7) is 3.61. The lowest BCUT2D eigenvalue weighted by atomic mass is 10.0. The number of quaternary nitrogens is 1. The SMILES string of the molecule is C[C@@H]1CCCC[NH+]1CC(=O)Nc1cccc(S(=O)(=O)N(C)C)c1. The van der Waals surface area contributed by atoms with Gasteiger partial charge in [-0.2, -0.15) is 0 Å². The van der Waals surface area contributed by atoms with Crippen LogP contribution in [0.2, 0.25) is 0 Å². The van der Waals surface area contributed by atoms with Crippen LogP contribution in [0.1, 0.15) is 26.2 Å². The minimum Gasteiger partial charge on any atom is -0.325 e. The lowest BCUT2D eigenvalue weighted by molar-refractivity contribution is -0.920. The van der Waals surface area contributed by atoms with Gasteiger partial charge in [-0.25, -0.2) is 12.7 Å². The van der Waals surface area contributed by atoms with Crippen molar-refractivity contribution in [2.45, 2.75) is 37.1 Å². The third-order valence-corrected chi connectivity index (χ3v) is 6.18. The predicted octanol–water partition coefficient (Wildman–Crippen LogP) is 0.333. The monoisotopic (exact) mass is 340 g/mol. The van der Waals surface area contributed by atoms with E-state index >= 15 is 0 Å². The lowest BCUT2D eigenvalue weighted by Crippen LogP contribution is -3.17. The number of sulfonamides is 1. The summed E-state index contributed by atoms with van der Waals surface area (Å²) in [5.74, 6) is -0.0758. The molecule has 1 unspecified atom stereocenters. The van der Waals surface area contributed by atoms with Gasteiger partial charge >= 0.3 is 0 Å². The van der Waals surface area contributed by atoms with Crippen molar-refractivity contribution in [1.82, 2.24) is 4.31 Å². The molecule has 1 aliphatic rings. The van der Waals surface area contributed by atoms with E-state index in [0.29, 0.717) is 18.3 Å². The van der Waals surface area contributed by atoms with Gasteiger partial charge in [-0.05, 0) is 44.4 Å². The van der Waals surface area contributed by atoms with E-state index in [2.05, 4.69) is 12.2 Å². The predicted molar refractivity (Wildman–Crippen MR) is 90.0 cm³/mol. The molecule has 23 heavy (non-hydrogen) atoms. The zero-order valence-corrected chi connectivity index (χ0v) is 14.8. The van der Waals surface area contributed by atoms with Crippen LogP contribution in [0.3, 0.4) is 0 Å². The maximum atomic E-state index is 12.2. The largest absolute Gasteiger partial charge is 0.325 e. The summed E-state index contributed by atoms with van der Waals surface area (Å²) in [6.07, 6.45) is 3.54. The molecule has 6 nitrogen and oxygen atoms in total. The molecule has 1 aliphatic heterocycles. The van der Waals surface area contributed by atoms with Gasteiger partial charge < -0.3 is 10.2 Å². The van der Waals surface area contributed by atoms with E-state index in [-0.39, 0.29) is 10.8 Å². The molecule has 1 saturated heterocycles. The van der Waals surface area contributed by atoms with Crippen LogP contribution in [0.5, 0.6) is 0 Å². The fourth-order valence-electron chi connectivity index (χ4n) is 2.87. The molecule has 1 fully saturated rings. The van der Waals surface area contributed by atoms with E-state index in [1.807, 2.05) is 0 Å². The molecule has 128 valence electrons. The number of hydrogen-bond donors (Lipinski definition) is 2. The highest BCUT2D eigenvalue weighted by atomic mass is 32.2. The van der Waals surface area contributed by atoms with Crippen molar-refractivity contribution in [1.29, 1.82) is 0 Å². The molecule has 1 heterocycles. The number of likely N-dealkylation sites (tertiary alicyclic amines) is 1. The Morgan fingerprint density at radius 2 is 2.09 bits per heavy atom. The smallest absolute Gasteiger partial charge is 0.279 e. The van der Waals surface area contributed by atoms with Gasteiger partial charge in [0.15, 0.2) is 6.54 Å². The second kappa shape index (κ2) is 7.42. The second-order valence-corrected chi connectivity index (χ2v) is 8.50. The highest BCUT2D eigenvalue weighted by Gasteiger charge is 2.24. The topological polar surface area (TPSA) is 70.9 Å². The van der Waals surface area contributed by atoms with Gasteiger partial charge in [0.1, 0.15) is 0 Å². The Balaban J connectivity index is 2.04. The minimum absolute atomic E-state index is 0.0758. The molecule has 0 aliphatic carbocycles. The highest BCUT2D eigenvalue weighted by Crippen LogP contribution is 2.17. The van der Waals surface area contributed by atoms with E-state index in [0.717, 1.165) is 23.7 Å². The number of carbonyl (C=O) groups is 1. The number of carbonyl (C=O) groups excluding carboxylic acids is 1. The summed E-state index contributed by atoms with van der Waals surface area (Å²) in [6, 6.07) is 6.88. The minimum atomic E-state index is -3.49. The van der Waals surface area contributed by atoms with E-state index in [4.69, 9.17) is 0 Å². The molecule has 1 aromatic carbocycles. The van der Waals surface area contributed by atoms with Crippen LogP contribution in [0.25, 0.3) is 0 Å². The van der Waals surface area contributed by atoms with Crippen molar-refractivity contribution in [2.75, 3.05) is 32.5 Å². The zero-order valence-electron chi connectivity index (χ0n) is 14.0. The molecule has 2 rings (SSSR count). The molecule has 0 bridgehead atoms. The summed E-state index contributed by atoms with van der Waals surface area (Å²) < 4.78 is 25.4. The molecule has 2 atom stereocenters. The Bertz CT molecular complexity index is 658. The molecule has 1 aromatic rings. The van der Waals surface area contributed by atoms with Gasteiger partial charge in [0.25, 0.3) is 5.91 Å². The number of nitrogens with zero attached hydrogens (tertiary/aromatic N) is 1. The van der Waals surface area contributed by atoms with Crippen molar-refractivity contribution in [3.63, 3.8) is 0 Å². The van der Waals surface area contributed by atoms with Gasteiger partial charge in [0.2, 0.25) is 10.0 Å². The fourth-order valence-corrected chi connectivity index (χ4v) is 3.82. The van der Waals surface area contributed by atoms with Gasteiger partial charge in [0, 0.05) is 19.8 Å². The van der Waals surface area contributed by atoms with Crippen molar-refractivity contribution in [2.24, 2.45) is 0 Å². The van der Waals surface area contributed by atoms with Crippen LogP contribution in [0.15, 0.2) is 29.2 Å². The quantitative estimate of drug-likeness (QED) is 0.812. The average molecular weight is 340 g/mol. The molecule has 0 saturated carbocycles. The summed E-state index contributed by atoms with van der Waals surface area (Å²) >= 11 is 0. The van der Waals surface area contributed by atoms with Gasteiger partial charge in [-0.3, -0.25) is 4.79 Å². The van der Waals surface area contributed by atoms with Crippen molar-refractivity contribution in [3.05, 3.63) is 24.3 Å². The number of piperidine rings is 1. The maximum absolute atomic E-state index is 12.2. The molecule has 0 radical (unpaired) electrons. The first-order chi connectivity index (χ1) is 10.8. The van der Waals surface area contributed by atoms with Crippen molar-refractivity contribution in [3.8, 4) is 0 Å². The summed E-state index contributed by atoms with van der Waals surface area (Å²) in [4.78, 5) is 13.7. The van der Waals surface area contributed by atoms with Gasteiger partial charge in [-0.15, -0.1) is 0 Å². The molecule has 2 N–H and O–H groups in total. The van der Waals surface area contributed by atoms with E-state index in [1.54, 1.807) is 12.1 Å². The molecular formula is C16H26N3O3S+. The second-order valence-electron chi connectivity index (χ2n) is 6.35. The van der Waals surface area contributed by atoms with Crippen molar-refractivity contribution < 1.29 is 18.1 Å². The Hall–Kier alpha value is -1.44. The van der Waals surface area contributed by atoms with Crippen LogP contribution < -0.4 is 10.2 Å². The fraction of sp³-hybridized carbons (Fsp3) is 0.562. The van der Waals surface area contributed by atoms with E-state index < -0.39 is 10.0 Å². The lowest BCUT2D eigenvalue weighted by Gasteiger charge is -2.29. The summed E-state index contributed by atoms with van der Waals surface area (Å²) in [5, 5.41) is 2.82. The normalized spacial score (nSPS) is 22.1. The third-order valence-electron chi connectivity index (χ3n) is 4.37. The third kappa shape index (κ3) is 4.53. The first-order valence-corrected chi connectivity index (χ1v) is 9.41. The molecule has 0 spiro atoms. The Kier molecular flexibility index (Phi) is 5.78. The van der Waals surface area contributed by atoms with Crippen LogP contribution in [-0.2, 0) is 14.8 Å². The molecule has 0 aromatic heterocycles. The molecular weight excluding hydrogens is 314 g/mol. The number of hydrogen-bond acceptors (Lipinski definition) is 3. The Labute approximate surface area is 138 Å². The van der Waals surface area contributed by atoms with Crippen LogP contribution in [-0.4, -0.2) is 51.9 Å². The highest BCUT2D eigenvalue weighted by molar-refractivity contribution is 7.89. The maximum Gasteiger partial charge on any atom is 0.279 e. The average Bonchev–Trinajstić information content (AvgIpc) is 2.49. The Morgan fingerprint density at radius 1 is 1.35 bits per heavy atom. The van der Waals surface area contributed by atoms with Gasteiger partial charge in [-0.1, -0.05) is 6.07 Å². The number of nitrogens with one attached hydrogen (secondary N) is 2. The summed E-state index contributed by atoms with van der Waals surface area (Å²) in [5.41, 5.74) is 0.516. The number of rotatable bonds is 5. The number of benzene rings is 1. The standard InChI is InChI=1S/C16H25N3O3S/c1-13-7-4-5-10-19(13)12-16(20)17-14-8-6-9-15(11-14)23(21,22)18(2)3/h6,8-9,11,13H,4-5,7,10,12H2,1-3H3,(H,17,20)/p+1/t13-/m1/s1. The van der Waals surface area contributed by atoms with Crippen LogP contribution >= 0.6 is 0 Å². The molecule has 7 heteroatoms. The first kappa shape index (κ1) is 17.9. The van der Waals surface area contributed by atoms with Crippen molar-refractivity contribution >= 4 is 21.6 Å². The zero-order chi connectivity index (χ0) is 17.0. The summed E-state index contributed by atoms with van der Waals surface area (Å²) in [7, 11) is -0.519. The van der Waals surface area contributed by atoms with E-state index in [1.165, 1.54) is 37.5 Å².